The first-order valence-electron chi connectivity index (χ1n) is 8.63. The lowest BCUT2D eigenvalue weighted by Crippen LogP contribution is -2.17. The Morgan fingerprint density at radius 3 is 2.61 bits per heavy atom. The van der Waals surface area contributed by atoms with E-state index < -0.39 is 9.84 Å². The molecule has 0 N–H and O–H groups in total. The second-order valence-electron chi connectivity index (χ2n) is 6.13. The number of amides is 1. The Bertz CT molecular complexity index is 1210. The summed E-state index contributed by atoms with van der Waals surface area (Å²) in [5.74, 6) is -0.263. The first kappa shape index (κ1) is 20.5. The van der Waals surface area contributed by atoms with E-state index in [2.05, 4.69) is 11.6 Å². The molecule has 0 fully saturated rings. The van der Waals surface area contributed by atoms with Crippen LogP contribution in [0.5, 0.6) is 0 Å². The van der Waals surface area contributed by atoms with Crippen LogP contribution in [0.15, 0.2) is 65.0 Å². The van der Waals surface area contributed by atoms with E-state index in [4.69, 9.17) is 11.6 Å². The van der Waals surface area contributed by atoms with Gasteiger partial charge in [-0.2, -0.15) is 4.99 Å². The summed E-state index contributed by atoms with van der Waals surface area (Å²) in [4.78, 5) is 17.6. The van der Waals surface area contributed by atoms with Crippen LogP contribution in [0, 0.1) is 0 Å². The van der Waals surface area contributed by atoms with Crippen LogP contribution in [0.1, 0.15) is 12.5 Å². The molecule has 2 aromatic carbocycles. The molecule has 0 saturated heterocycles. The normalized spacial score (nSPS) is 12.4. The number of thiazole rings is 1. The molecule has 0 aliphatic rings. The predicted molar refractivity (Wildman–Crippen MR) is 113 cm³/mol. The van der Waals surface area contributed by atoms with Crippen molar-refractivity contribution < 1.29 is 13.2 Å². The van der Waals surface area contributed by atoms with Crippen LogP contribution < -0.4 is 4.80 Å². The highest BCUT2D eigenvalue weighted by atomic mass is 35.5. The molecule has 8 heteroatoms. The van der Waals surface area contributed by atoms with E-state index in [9.17, 15) is 13.2 Å². The topological polar surface area (TPSA) is 68.5 Å². The number of allylic oxidation sites excluding steroid dienone is 1. The lowest BCUT2D eigenvalue weighted by Gasteiger charge is -2.03. The molecular formula is C20H19ClN2O3S2. The maximum atomic E-state index is 12.5. The molecular weight excluding hydrogens is 416 g/mol. The molecule has 5 nitrogen and oxygen atoms in total. The van der Waals surface area contributed by atoms with Gasteiger partial charge in [0.2, 0.25) is 0 Å². The predicted octanol–water partition coefficient (Wildman–Crippen LogP) is 4.01. The van der Waals surface area contributed by atoms with E-state index in [1.54, 1.807) is 31.2 Å². The summed E-state index contributed by atoms with van der Waals surface area (Å²) in [7, 11) is -3.25. The minimum Gasteiger partial charge on any atom is -0.313 e. The molecule has 0 aliphatic heterocycles. The van der Waals surface area contributed by atoms with Gasteiger partial charge in [-0.25, -0.2) is 8.42 Å². The SMILES string of the molecule is C=CCn1c(=NC(=O)Cc2ccc(S(=O)(=O)CC)cc2)sc2cc(Cl)ccc21. The van der Waals surface area contributed by atoms with Gasteiger partial charge in [-0.15, -0.1) is 6.58 Å². The third kappa shape index (κ3) is 4.43. The molecule has 0 saturated carbocycles. The summed E-state index contributed by atoms with van der Waals surface area (Å²) in [5, 5.41) is 0.625. The number of rotatable bonds is 6. The van der Waals surface area contributed by atoms with Crippen LogP contribution in [-0.2, 0) is 27.6 Å². The average molecular weight is 435 g/mol. The second-order valence-corrected chi connectivity index (χ2v) is 9.85. The summed E-state index contributed by atoms with van der Waals surface area (Å²) < 4.78 is 26.6. The number of hydrogen-bond donors (Lipinski definition) is 0. The Kier molecular flexibility index (Phi) is 6.17. The summed E-state index contributed by atoms with van der Waals surface area (Å²) in [6, 6.07) is 11.9. The summed E-state index contributed by atoms with van der Waals surface area (Å²) in [5.41, 5.74) is 1.65. The first-order chi connectivity index (χ1) is 13.3. The van der Waals surface area contributed by atoms with Gasteiger partial charge in [0, 0.05) is 11.6 Å². The van der Waals surface area contributed by atoms with Crippen molar-refractivity contribution in [2.45, 2.75) is 24.8 Å². The molecule has 3 aromatic rings. The number of fused-ring (bicyclic) bond motifs is 1. The number of halogens is 1. The van der Waals surface area contributed by atoms with Crippen molar-refractivity contribution in [2.24, 2.45) is 4.99 Å². The zero-order chi connectivity index (χ0) is 20.3. The Morgan fingerprint density at radius 1 is 1.25 bits per heavy atom. The second kappa shape index (κ2) is 8.43. The molecule has 1 aromatic heterocycles. The van der Waals surface area contributed by atoms with E-state index in [1.807, 2.05) is 16.7 Å². The van der Waals surface area contributed by atoms with Gasteiger partial charge in [-0.05, 0) is 35.9 Å². The lowest BCUT2D eigenvalue weighted by molar-refractivity contribution is -0.117. The van der Waals surface area contributed by atoms with E-state index in [1.165, 1.54) is 23.5 Å². The Labute approximate surface area is 172 Å². The Morgan fingerprint density at radius 2 is 1.96 bits per heavy atom. The van der Waals surface area contributed by atoms with Crippen molar-refractivity contribution in [3.8, 4) is 0 Å². The molecule has 0 unspecified atom stereocenters. The first-order valence-corrected chi connectivity index (χ1v) is 11.5. The number of carbonyl (C=O) groups excluding carboxylic acids is 1. The Balaban J connectivity index is 1.90. The molecule has 0 aliphatic carbocycles. The van der Waals surface area contributed by atoms with Crippen molar-refractivity contribution in [2.75, 3.05) is 5.75 Å². The molecule has 0 bridgehead atoms. The van der Waals surface area contributed by atoms with Crippen molar-refractivity contribution >= 4 is 48.9 Å². The van der Waals surface area contributed by atoms with Crippen LogP contribution in [0.4, 0.5) is 0 Å². The van der Waals surface area contributed by atoms with Gasteiger partial charge in [-0.1, -0.05) is 48.1 Å². The van der Waals surface area contributed by atoms with Crippen LogP contribution in [-0.4, -0.2) is 24.6 Å². The molecule has 28 heavy (non-hydrogen) atoms. The van der Waals surface area contributed by atoms with Gasteiger partial charge >= 0.3 is 0 Å². The number of aromatic nitrogens is 1. The molecule has 0 spiro atoms. The highest BCUT2D eigenvalue weighted by Crippen LogP contribution is 2.22. The summed E-state index contributed by atoms with van der Waals surface area (Å²) >= 11 is 7.45. The number of hydrogen-bond acceptors (Lipinski definition) is 4. The fourth-order valence-electron chi connectivity index (χ4n) is 2.74. The summed E-state index contributed by atoms with van der Waals surface area (Å²) in [6.45, 7) is 5.89. The maximum Gasteiger partial charge on any atom is 0.252 e. The quantitative estimate of drug-likeness (QED) is 0.550. The van der Waals surface area contributed by atoms with Gasteiger partial charge in [0.25, 0.3) is 5.91 Å². The van der Waals surface area contributed by atoms with Gasteiger partial charge in [0.15, 0.2) is 14.6 Å². The fraction of sp³-hybridized carbons (Fsp3) is 0.200. The smallest absolute Gasteiger partial charge is 0.252 e. The number of nitrogens with zero attached hydrogens (tertiary/aromatic N) is 2. The molecule has 0 atom stereocenters. The summed E-state index contributed by atoms with van der Waals surface area (Å²) in [6.07, 6.45) is 1.84. The highest BCUT2D eigenvalue weighted by molar-refractivity contribution is 7.91. The van der Waals surface area contributed by atoms with Crippen LogP contribution in [0.3, 0.4) is 0 Å². The van der Waals surface area contributed by atoms with Gasteiger partial charge < -0.3 is 4.57 Å². The monoisotopic (exact) mass is 434 g/mol. The largest absolute Gasteiger partial charge is 0.313 e. The van der Waals surface area contributed by atoms with Crippen molar-refractivity contribution in [1.82, 2.24) is 4.57 Å². The zero-order valence-electron chi connectivity index (χ0n) is 15.3. The molecule has 1 heterocycles. The number of sulfone groups is 1. The van der Waals surface area contributed by atoms with E-state index in [0.29, 0.717) is 21.9 Å². The zero-order valence-corrected chi connectivity index (χ0v) is 17.6. The van der Waals surface area contributed by atoms with Gasteiger partial charge in [0.1, 0.15) is 0 Å². The highest BCUT2D eigenvalue weighted by Gasteiger charge is 2.12. The molecule has 3 rings (SSSR count). The number of carbonyl (C=O) groups is 1. The van der Waals surface area contributed by atoms with Crippen molar-refractivity contribution in [3.63, 3.8) is 0 Å². The van der Waals surface area contributed by atoms with Gasteiger partial charge in [-0.3, -0.25) is 4.79 Å². The van der Waals surface area contributed by atoms with E-state index in [0.717, 1.165) is 10.2 Å². The number of benzene rings is 2. The Hall–Kier alpha value is -2.22. The third-order valence-electron chi connectivity index (χ3n) is 4.19. The third-order valence-corrected chi connectivity index (χ3v) is 7.22. The average Bonchev–Trinajstić information content (AvgIpc) is 2.98. The van der Waals surface area contributed by atoms with E-state index in [-0.39, 0.29) is 23.0 Å². The van der Waals surface area contributed by atoms with E-state index >= 15 is 0 Å². The van der Waals surface area contributed by atoms with Crippen LogP contribution in [0.2, 0.25) is 5.02 Å². The fourth-order valence-corrected chi connectivity index (χ4v) is 4.96. The standard InChI is InChI=1S/C20H19ClN2O3S2/c1-3-11-23-17-10-7-15(21)13-18(17)27-20(23)22-19(24)12-14-5-8-16(9-6-14)28(25,26)4-2/h3,5-10,13H,1,4,11-12H2,2H3. The van der Waals surface area contributed by atoms with Gasteiger partial charge in [0.05, 0.1) is 27.3 Å². The molecule has 0 radical (unpaired) electrons. The van der Waals surface area contributed by atoms with Crippen LogP contribution >= 0.6 is 22.9 Å². The molecule has 1 amide bonds. The molecule has 146 valence electrons. The lowest BCUT2D eigenvalue weighted by atomic mass is 10.1. The van der Waals surface area contributed by atoms with Crippen molar-refractivity contribution in [3.05, 3.63) is 70.5 Å². The van der Waals surface area contributed by atoms with Crippen molar-refractivity contribution in [1.29, 1.82) is 0 Å². The maximum absolute atomic E-state index is 12.5. The minimum atomic E-state index is -3.25. The minimum absolute atomic E-state index is 0.0415. The van der Waals surface area contributed by atoms with Crippen LogP contribution in [0.25, 0.3) is 10.2 Å².